The molecular formula is C13H17N3O3S2. The Balaban J connectivity index is 1.97. The number of primary sulfonamides is 1. The number of sulfonamides is 1. The van der Waals surface area contributed by atoms with Crippen LogP contribution in [0.5, 0.6) is 0 Å². The van der Waals surface area contributed by atoms with Gasteiger partial charge in [0.15, 0.2) is 9.34 Å². The zero-order valence-electron chi connectivity index (χ0n) is 11.4. The molecule has 0 radical (unpaired) electrons. The summed E-state index contributed by atoms with van der Waals surface area (Å²) in [4.78, 5) is 3.95. The Morgan fingerprint density at radius 1 is 1.38 bits per heavy atom. The maximum absolute atomic E-state index is 11.2. The van der Waals surface area contributed by atoms with Gasteiger partial charge < -0.3 is 10.4 Å². The normalized spacial score (nSPS) is 14.6. The van der Waals surface area contributed by atoms with Gasteiger partial charge in [0.2, 0.25) is 10.0 Å². The number of nitrogens with two attached hydrogens (primary N) is 1. The summed E-state index contributed by atoms with van der Waals surface area (Å²) in [6.45, 7) is 1.81. The number of hydrogen-bond donors (Lipinski definition) is 3. The second-order valence-electron chi connectivity index (χ2n) is 4.72. The van der Waals surface area contributed by atoms with E-state index in [1.165, 1.54) is 6.20 Å². The fourth-order valence-corrected chi connectivity index (χ4v) is 3.33. The van der Waals surface area contributed by atoms with Gasteiger partial charge in [0.05, 0.1) is 18.3 Å². The molecule has 0 spiro atoms. The fraction of sp³-hybridized carbons (Fsp3) is 0.308. The largest absolute Gasteiger partial charge is 0.391 e. The molecule has 1 aromatic heterocycles. The lowest BCUT2D eigenvalue weighted by Crippen LogP contribution is -2.32. The number of benzene rings is 1. The molecule has 0 aliphatic carbocycles. The molecular weight excluding hydrogens is 310 g/mol. The van der Waals surface area contributed by atoms with Gasteiger partial charge in [-0.1, -0.05) is 41.7 Å². The summed E-state index contributed by atoms with van der Waals surface area (Å²) < 4.78 is 22.4. The van der Waals surface area contributed by atoms with E-state index in [1.807, 2.05) is 37.3 Å². The number of rotatable bonds is 6. The SMILES string of the molecule is CC(Nc1ncc(S(N)(=O)=O)s1)C(O)Cc1ccccc1. The van der Waals surface area contributed by atoms with Gasteiger partial charge in [-0.3, -0.25) is 0 Å². The summed E-state index contributed by atoms with van der Waals surface area (Å²) in [6, 6.07) is 9.36. The molecule has 4 N–H and O–H groups in total. The molecule has 114 valence electrons. The zero-order valence-corrected chi connectivity index (χ0v) is 13.1. The molecule has 0 fully saturated rings. The predicted molar refractivity (Wildman–Crippen MR) is 82.7 cm³/mol. The van der Waals surface area contributed by atoms with Crippen molar-refractivity contribution < 1.29 is 13.5 Å². The first-order chi connectivity index (χ1) is 9.86. The molecule has 2 aromatic rings. The highest BCUT2D eigenvalue weighted by atomic mass is 32.2. The van der Waals surface area contributed by atoms with E-state index >= 15 is 0 Å². The maximum atomic E-state index is 11.2. The number of nitrogens with one attached hydrogen (secondary N) is 1. The van der Waals surface area contributed by atoms with Crippen LogP contribution < -0.4 is 10.5 Å². The smallest absolute Gasteiger partial charge is 0.249 e. The Bertz CT molecular complexity index is 686. The molecule has 0 aliphatic rings. The number of anilines is 1. The Morgan fingerprint density at radius 3 is 2.62 bits per heavy atom. The van der Waals surface area contributed by atoms with Crippen LogP contribution in [0.3, 0.4) is 0 Å². The van der Waals surface area contributed by atoms with Crippen molar-refractivity contribution >= 4 is 26.5 Å². The van der Waals surface area contributed by atoms with E-state index in [9.17, 15) is 13.5 Å². The van der Waals surface area contributed by atoms with Crippen LogP contribution in [0.15, 0.2) is 40.7 Å². The van der Waals surface area contributed by atoms with Crippen molar-refractivity contribution in [3.05, 3.63) is 42.1 Å². The number of hydrogen-bond acceptors (Lipinski definition) is 6. The van der Waals surface area contributed by atoms with Crippen LogP contribution in [0.25, 0.3) is 0 Å². The summed E-state index contributed by atoms with van der Waals surface area (Å²) >= 11 is 0.946. The number of aliphatic hydroxyl groups is 1. The average molecular weight is 327 g/mol. The lowest BCUT2D eigenvalue weighted by molar-refractivity contribution is 0.158. The number of aromatic nitrogens is 1. The standard InChI is InChI=1S/C13H17N3O3S2/c1-9(11(17)7-10-5-3-2-4-6-10)16-13-15-8-12(20-13)21(14,18)19/h2-6,8-9,11,17H,7H2,1H3,(H,15,16)(H2,14,18,19). The Kier molecular flexibility index (Phi) is 4.94. The lowest BCUT2D eigenvalue weighted by Gasteiger charge is -2.19. The third-order valence-corrected chi connectivity index (χ3v) is 5.32. The predicted octanol–water partition coefficient (Wildman–Crippen LogP) is 1.19. The van der Waals surface area contributed by atoms with Crippen molar-refractivity contribution in [2.45, 2.75) is 29.7 Å². The second kappa shape index (κ2) is 6.52. The molecule has 2 rings (SSSR count). The molecule has 0 amide bonds. The summed E-state index contributed by atoms with van der Waals surface area (Å²) in [6.07, 6.45) is 1.09. The number of aliphatic hydroxyl groups excluding tert-OH is 1. The van der Waals surface area contributed by atoms with E-state index in [1.54, 1.807) is 0 Å². The van der Waals surface area contributed by atoms with Crippen molar-refractivity contribution in [2.24, 2.45) is 5.14 Å². The van der Waals surface area contributed by atoms with E-state index in [4.69, 9.17) is 5.14 Å². The molecule has 1 aromatic carbocycles. The molecule has 6 nitrogen and oxygen atoms in total. The molecule has 0 saturated heterocycles. The molecule has 21 heavy (non-hydrogen) atoms. The van der Waals surface area contributed by atoms with Gasteiger partial charge >= 0.3 is 0 Å². The van der Waals surface area contributed by atoms with Crippen molar-refractivity contribution in [2.75, 3.05) is 5.32 Å². The van der Waals surface area contributed by atoms with E-state index in [2.05, 4.69) is 10.3 Å². The molecule has 0 aliphatic heterocycles. The molecule has 0 bridgehead atoms. The molecule has 1 heterocycles. The highest BCUT2D eigenvalue weighted by molar-refractivity contribution is 7.91. The monoisotopic (exact) mass is 327 g/mol. The van der Waals surface area contributed by atoms with Crippen molar-refractivity contribution in [3.8, 4) is 0 Å². The van der Waals surface area contributed by atoms with Gasteiger partial charge in [0.25, 0.3) is 0 Å². The molecule has 2 atom stereocenters. The van der Waals surface area contributed by atoms with Crippen molar-refractivity contribution in [1.82, 2.24) is 4.98 Å². The average Bonchev–Trinajstić information content (AvgIpc) is 2.88. The van der Waals surface area contributed by atoms with Crippen molar-refractivity contribution in [3.63, 3.8) is 0 Å². The van der Waals surface area contributed by atoms with Crippen molar-refractivity contribution in [1.29, 1.82) is 0 Å². The summed E-state index contributed by atoms with van der Waals surface area (Å²) in [7, 11) is -3.73. The molecule has 2 unspecified atom stereocenters. The van der Waals surface area contributed by atoms with Gasteiger partial charge in [-0.2, -0.15) is 0 Å². The Morgan fingerprint density at radius 2 is 2.05 bits per heavy atom. The van der Waals surface area contributed by atoms with Crippen LogP contribution in [0.4, 0.5) is 5.13 Å². The van der Waals surface area contributed by atoms with Gasteiger partial charge in [-0.25, -0.2) is 18.5 Å². The minimum absolute atomic E-state index is 0.00486. The van der Waals surface area contributed by atoms with Gasteiger partial charge in [0, 0.05) is 6.42 Å². The highest BCUT2D eigenvalue weighted by Gasteiger charge is 2.18. The van der Waals surface area contributed by atoms with Crippen LogP contribution in [0, 0.1) is 0 Å². The quantitative estimate of drug-likeness (QED) is 0.739. The lowest BCUT2D eigenvalue weighted by atomic mass is 10.0. The minimum atomic E-state index is -3.73. The molecule has 8 heteroatoms. The Hall–Kier alpha value is -1.48. The first-order valence-corrected chi connectivity index (χ1v) is 8.69. The summed E-state index contributed by atoms with van der Waals surface area (Å²) in [5, 5.41) is 18.6. The van der Waals surface area contributed by atoms with Crippen LogP contribution in [-0.4, -0.2) is 30.7 Å². The Labute approximate surface area is 127 Å². The van der Waals surface area contributed by atoms with Gasteiger partial charge in [-0.15, -0.1) is 0 Å². The second-order valence-corrected chi connectivity index (χ2v) is 7.54. The van der Waals surface area contributed by atoms with Gasteiger partial charge in [-0.05, 0) is 12.5 Å². The minimum Gasteiger partial charge on any atom is -0.391 e. The van der Waals surface area contributed by atoms with Crippen LogP contribution in [-0.2, 0) is 16.4 Å². The highest BCUT2D eigenvalue weighted by Crippen LogP contribution is 2.22. The van der Waals surface area contributed by atoms with Gasteiger partial charge in [0.1, 0.15) is 0 Å². The molecule has 0 saturated carbocycles. The van der Waals surface area contributed by atoms with Crippen LogP contribution >= 0.6 is 11.3 Å². The number of nitrogens with zero attached hydrogens (tertiary/aromatic N) is 1. The third-order valence-electron chi connectivity index (χ3n) is 2.98. The first-order valence-electron chi connectivity index (χ1n) is 6.33. The first kappa shape index (κ1) is 15.9. The zero-order chi connectivity index (χ0) is 15.5. The maximum Gasteiger partial charge on any atom is 0.249 e. The topological polar surface area (TPSA) is 105 Å². The van der Waals surface area contributed by atoms with E-state index < -0.39 is 16.1 Å². The van der Waals surface area contributed by atoms with E-state index in [-0.39, 0.29) is 10.3 Å². The summed E-state index contributed by atoms with van der Waals surface area (Å²) in [5.74, 6) is 0. The third kappa shape index (κ3) is 4.50. The van der Waals surface area contributed by atoms with E-state index in [0.717, 1.165) is 16.9 Å². The summed E-state index contributed by atoms with van der Waals surface area (Å²) in [5.41, 5.74) is 1.03. The van der Waals surface area contributed by atoms with Crippen LogP contribution in [0.2, 0.25) is 0 Å². The fourth-order valence-electron chi connectivity index (χ4n) is 1.78. The van der Waals surface area contributed by atoms with E-state index in [0.29, 0.717) is 11.6 Å². The van der Waals surface area contributed by atoms with Crippen LogP contribution in [0.1, 0.15) is 12.5 Å². The number of thiazole rings is 1.